The summed E-state index contributed by atoms with van der Waals surface area (Å²) in [6.45, 7) is 5.58. The molecule has 6 nitrogen and oxygen atoms in total. The molecule has 0 aliphatic carbocycles. The lowest BCUT2D eigenvalue weighted by Gasteiger charge is -2.01. The fourth-order valence-electron chi connectivity index (χ4n) is 2.62. The zero-order chi connectivity index (χ0) is 18.8. The van der Waals surface area contributed by atoms with Crippen LogP contribution < -0.4 is 5.56 Å². The minimum Gasteiger partial charge on any atom is -0.462 e. The minimum atomic E-state index is -0.429. The highest BCUT2D eigenvalue weighted by Crippen LogP contribution is 2.23. The number of carbonyl (C=O) groups excluding carboxylic acids is 1. The monoisotopic (exact) mass is 391 g/mol. The minimum absolute atomic E-state index is 0.202. The van der Waals surface area contributed by atoms with Crippen molar-refractivity contribution < 1.29 is 9.53 Å². The molecule has 0 unspecified atom stereocenters. The van der Waals surface area contributed by atoms with Crippen LogP contribution in [0.5, 0.6) is 0 Å². The van der Waals surface area contributed by atoms with Crippen LogP contribution in [0.15, 0.2) is 29.1 Å². The zero-order valence-corrected chi connectivity index (χ0v) is 16.2. The van der Waals surface area contributed by atoms with E-state index in [4.69, 9.17) is 16.3 Å². The van der Waals surface area contributed by atoms with E-state index in [1.165, 1.54) is 4.68 Å². The molecule has 0 fully saturated rings. The van der Waals surface area contributed by atoms with Gasteiger partial charge < -0.3 is 4.74 Å². The predicted octanol–water partition coefficient (Wildman–Crippen LogP) is 3.66. The van der Waals surface area contributed by atoms with Crippen molar-refractivity contribution in [3.8, 4) is 5.13 Å². The molecule has 0 aliphatic rings. The van der Waals surface area contributed by atoms with E-state index in [1.54, 1.807) is 19.9 Å². The molecule has 3 rings (SSSR count). The average molecular weight is 392 g/mol. The maximum atomic E-state index is 12.9. The summed E-state index contributed by atoms with van der Waals surface area (Å²) in [5.74, 6) is -0.429. The molecule has 0 radical (unpaired) electrons. The maximum absolute atomic E-state index is 12.9. The number of H-pyrrole nitrogens is 1. The molecule has 0 aliphatic heterocycles. The topological polar surface area (TPSA) is 77.0 Å². The summed E-state index contributed by atoms with van der Waals surface area (Å²) in [5.41, 5.74) is 2.56. The van der Waals surface area contributed by atoms with Crippen molar-refractivity contribution in [3.63, 3.8) is 0 Å². The van der Waals surface area contributed by atoms with Crippen LogP contribution in [0.4, 0.5) is 0 Å². The fourth-order valence-corrected chi connectivity index (χ4v) is 3.74. The van der Waals surface area contributed by atoms with Gasteiger partial charge in [-0.1, -0.05) is 41.1 Å². The van der Waals surface area contributed by atoms with Crippen molar-refractivity contribution in [2.45, 2.75) is 27.2 Å². The Morgan fingerprint density at radius 1 is 1.35 bits per heavy atom. The van der Waals surface area contributed by atoms with Crippen molar-refractivity contribution in [3.05, 3.63) is 67.0 Å². The summed E-state index contributed by atoms with van der Waals surface area (Å²) >= 11 is 7.34. The van der Waals surface area contributed by atoms with Gasteiger partial charge in [0.15, 0.2) is 0 Å². The predicted molar refractivity (Wildman–Crippen MR) is 102 cm³/mol. The third kappa shape index (κ3) is 3.45. The Morgan fingerprint density at radius 2 is 2.08 bits per heavy atom. The zero-order valence-electron chi connectivity index (χ0n) is 14.6. The molecule has 2 heterocycles. The lowest BCUT2D eigenvalue weighted by molar-refractivity contribution is 0.0531. The number of nitrogens with zero attached hydrogens (tertiary/aromatic N) is 2. The molecule has 0 saturated carbocycles. The second-order valence-corrected chi connectivity index (χ2v) is 7.14. The number of rotatable bonds is 5. The standard InChI is InChI=1S/C18H18ClN3O3S/c1-4-25-17(24)15-11(3)20-18(26-15)22-16(23)13(10(2)21-22)9-12-7-5-6-8-14(12)19/h5-8,21H,4,9H2,1-3H3. The highest BCUT2D eigenvalue weighted by Gasteiger charge is 2.21. The lowest BCUT2D eigenvalue weighted by Crippen LogP contribution is -2.17. The first-order valence-corrected chi connectivity index (χ1v) is 9.30. The van der Waals surface area contributed by atoms with Gasteiger partial charge in [-0.05, 0) is 32.4 Å². The molecule has 0 saturated heterocycles. The van der Waals surface area contributed by atoms with Crippen LogP contribution in [0.25, 0.3) is 5.13 Å². The number of esters is 1. The maximum Gasteiger partial charge on any atom is 0.350 e. The van der Waals surface area contributed by atoms with E-state index in [9.17, 15) is 9.59 Å². The summed E-state index contributed by atoms with van der Waals surface area (Å²) < 4.78 is 6.39. The number of ether oxygens (including phenoxy) is 1. The Labute approximate surface area is 159 Å². The van der Waals surface area contributed by atoms with Crippen molar-refractivity contribution in [2.75, 3.05) is 6.61 Å². The van der Waals surface area contributed by atoms with Crippen LogP contribution >= 0.6 is 22.9 Å². The van der Waals surface area contributed by atoms with Crippen LogP contribution in [0.2, 0.25) is 5.02 Å². The van der Waals surface area contributed by atoms with Crippen molar-refractivity contribution in [2.24, 2.45) is 0 Å². The number of aromatic nitrogens is 3. The second-order valence-electron chi connectivity index (χ2n) is 5.76. The van der Waals surface area contributed by atoms with Gasteiger partial charge in [0.1, 0.15) is 4.88 Å². The molecule has 1 N–H and O–H groups in total. The fraction of sp³-hybridized carbons (Fsp3) is 0.278. The number of aromatic amines is 1. The summed E-state index contributed by atoms with van der Waals surface area (Å²) in [7, 11) is 0. The van der Waals surface area contributed by atoms with Gasteiger partial charge in [-0.3, -0.25) is 9.89 Å². The first kappa shape index (κ1) is 18.4. The quantitative estimate of drug-likeness (QED) is 0.673. The Kier molecular flexibility index (Phi) is 5.29. The van der Waals surface area contributed by atoms with Gasteiger partial charge in [-0.15, -0.1) is 0 Å². The summed E-state index contributed by atoms with van der Waals surface area (Å²) in [4.78, 5) is 29.6. The molecule has 0 bridgehead atoms. The van der Waals surface area contributed by atoms with Gasteiger partial charge in [-0.25, -0.2) is 9.78 Å². The Hall–Kier alpha value is -2.38. The first-order valence-electron chi connectivity index (χ1n) is 8.11. The van der Waals surface area contributed by atoms with Gasteiger partial charge in [0, 0.05) is 22.7 Å². The van der Waals surface area contributed by atoms with Gasteiger partial charge in [-0.2, -0.15) is 4.68 Å². The number of hydrogen-bond acceptors (Lipinski definition) is 5. The van der Waals surface area contributed by atoms with Gasteiger partial charge in [0.05, 0.1) is 12.3 Å². The van der Waals surface area contributed by atoms with Crippen LogP contribution in [-0.2, 0) is 11.2 Å². The largest absolute Gasteiger partial charge is 0.462 e. The van der Waals surface area contributed by atoms with E-state index in [1.807, 2.05) is 25.1 Å². The Balaban J connectivity index is 1.99. The first-order chi connectivity index (χ1) is 12.4. The lowest BCUT2D eigenvalue weighted by atomic mass is 10.1. The van der Waals surface area contributed by atoms with Crippen molar-refractivity contribution >= 4 is 28.9 Å². The van der Waals surface area contributed by atoms with Crippen molar-refractivity contribution in [1.29, 1.82) is 0 Å². The SMILES string of the molecule is CCOC(=O)c1sc(-n2[nH]c(C)c(Cc3ccccc3Cl)c2=O)nc1C. The molecule has 0 atom stereocenters. The molecule has 0 amide bonds. The third-order valence-electron chi connectivity index (χ3n) is 3.96. The molecule has 26 heavy (non-hydrogen) atoms. The van der Waals surface area contributed by atoms with E-state index < -0.39 is 5.97 Å². The molecule has 136 valence electrons. The van der Waals surface area contributed by atoms with Gasteiger partial charge in [0.2, 0.25) is 5.13 Å². The van der Waals surface area contributed by atoms with Crippen LogP contribution in [0, 0.1) is 13.8 Å². The summed E-state index contributed by atoms with van der Waals surface area (Å²) in [6.07, 6.45) is 0.420. The van der Waals surface area contributed by atoms with Gasteiger partial charge >= 0.3 is 5.97 Å². The van der Waals surface area contributed by atoms with Crippen LogP contribution in [0.1, 0.15) is 39.1 Å². The molecule has 2 aromatic heterocycles. The average Bonchev–Trinajstić information content (AvgIpc) is 3.11. The highest BCUT2D eigenvalue weighted by atomic mass is 35.5. The Morgan fingerprint density at radius 3 is 2.77 bits per heavy atom. The number of halogens is 1. The third-order valence-corrected chi connectivity index (χ3v) is 5.45. The smallest absolute Gasteiger partial charge is 0.350 e. The second kappa shape index (κ2) is 7.47. The Bertz CT molecular complexity index is 1020. The molecule has 3 aromatic rings. The molecule has 8 heteroatoms. The summed E-state index contributed by atoms with van der Waals surface area (Å²) in [6, 6.07) is 7.43. The normalized spacial score (nSPS) is 10.9. The molecular formula is C18H18ClN3O3S. The number of carbonyl (C=O) groups is 1. The van der Waals surface area contributed by atoms with Crippen molar-refractivity contribution in [1.82, 2.24) is 14.8 Å². The number of benzene rings is 1. The van der Waals surface area contributed by atoms with Crippen LogP contribution in [0.3, 0.4) is 0 Å². The van der Waals surface area contributed by atoms with E-state index in [-0.39, 0.29) is 12.2 Å². The summed E-state index contributed by atoms with van der Waals surface area (Å²) in [5, 5.41) is 4.06. The van der Waals surface area contributed by atoms with E-state index in [2.05, 4.69) is 10.1 Å². The number of nitrogens with one attached hydrogen (secondary N) is 1. The van der Waals surface area contributed by atoms with E-state index in [0.29, 0.717) is 32.7 Å². The molecule has 1 aromatic carbocycles. The number of thiazole rings is 1. The number of aryl methyl sites for hydroxylation is 2. The van der Waals surface area contributed by atoms with Gasteiger partial charge in [0.25, 0.3) is 5.56 Å². The van der Waals surface area contributed by atoms with E-state index >= 15 is 0 Å². The molecular weight excluding hydrogens is 374 g/mol. The molecule has 0 spiro atoms. The highest BCUT2D eigenvalue weighted by molar-refractivity contribution is 7.16. The van der Waals surface area contributed by atoms with Crippen LogP contribution in [-0.4, -0.2) is 27.3 Å². The van der Waals surface area contributed by atoms with E-state index in [0.717, 1.165) is 22.6 Å². The number of hydrogen-bond donors (Lipinski definition) is 1.